The molecule has 92 valence electrons. The van der Waals surface area contributed by atoms with Crippen LogP contribution in [0.4, 0.5) is 0 Å². The van der Waals surface area contributed by atoms with E-state index < -0.39 is 5.97 Å². The van der Waals surface area contributed by atoms with Crippen molar-refractivity contribution >= 4 is 17.6 Å². The molecule has 1 aliphatic rings. The molecule has 17 heavy (non-hydrogen) atoms. The third-order valence-electron chi connectivity index (χ3n) is 3.69. The Labute approximate surface area is 107 Å². The molecule has 0 bridgehead atoms. The van der Waals surface area contributed by atoms with Crippen molar-refractivity contribution in [2.24, 2.45) is 11.8 Å². The third-order valence-corrected chi connectivity index (χ3v) is 4.04. The van der Waals surface area contributed by atoms with Gasteiger partial charge in [0.05, 0.1) is 5.92 Å². The number of aryl methyl sites for hydroxylation is 3. The molecule has 0 heterocycles. The lowest BCUT2D eigenvalue weighted by atomic mass is 10.0. The van der Waals surface area contributed by atoms with Crippen LogP contribution in [0.3, 0.4) is 0 Å². The Balaban J connectivity index is 1.96. The minimum Gasteiger partial charge on any atom is -0.481 e. The van der Waals surface area contributed by atoms with Gasteiger partial charge in [0.1, 0.15) is 0 Å². The van der Waals surface area contributed by atoms with Crippen molar-refractivity contribution in [2.75, 3.05) is 0 Å². The van der Waals surface area contributed by atoms with Gasteiger partial charge in [0.2, 0.25) is 0 Å². The number of hydrogen-bond acceptors (Lipinski definition) is 1. The predicted octanol–water partition coefficient (Wildman–Crippen LogP) is 3.61. The molecule has 0 aromatic heterocycles. The van der Waals surface area contributed by atoms with E-state index in [1.54, 1.807) is 0 Å². The second kappa shape index (κ2) is 4.69. The summed E-state index contributed by atoms with van der Waals surface area (Å²) in [6.45, 7) is 4.12. The van der Waals surface area contributed by atoms with Crippen molar-refractivity contribution in [1.82, 2.24) is 0 Å². The molecule has 1 aromatic rings. The Morgan fingerprint density at radius 2 is 2.06 bits per heavy atom. The second-order valence-electron chi connectivity index (χ2n) is 5.01. The van der Waals surface area contributed by atoms with Gasteiger partial charge in [-0.1, -0.05) is 17.7 Å². The first kappa shape index (κ1) is 12.4. The Morgan fingerprint density at radius 1 is 1.41 bits per heavy atom. The minimum atomic E-state index is -0.652. The largest absolute Gasteiger partial charge is 0.481 e. The molecule has 2 rings (SSSR count). The van der Waals surface area contributed by atoms with Crippen molar-refractivity contribution < 1.29 is 9.90 Å². The lowest BCUT2D eigenvalue weighted by molar-refractivity contribution is -0.138. The fourth-order valence-corrected chi connectivity index (χ4v) is 2.56. The Hall–Kier alpha value is -1.02. The zero-order chi connectivity index (χ0) is 12.6. The lowest BCUT2D eigenvalue weighted by Crippen LogP contribution is -2.00. The van der Waals surface area contributed by atoms with E-state index in [0.29, 0.717) is 5.92 Å². The van der Waals surface area contributed by atoms with Crippen LogP contribution < -0.4 is 0 Å². The SMILES string of the molecule is Cc1cc(Cl)c(CCC2CC2C(=O)O)cc1C. The number of hydrogen-bond donors (Lipinski definition) is 1. The first-order valence-electron chi connectivity index (χ1n) is 5.97. The van der Waals surface area contributed by atoms with Crippen LogP contribution in [-0.2, 0) is 11.2 Å². The standard InChI is InChI=1S/C14H17ClO2/c1-8-5-11(13(15)6-9(8)2)4-3-10-7-12(10)14(16)17/h5-6,10,12H,3-4,7H2,1-2H3,(H,16,17). The van der Waals surface area contributed by atoms with E-state index >= 15 is 0 Å². The molecule has 0 saturated heterocycles. The fourth-order valence-electron chi connectivity index (χ4n) is 2.24. The van der Waals surface area contributed by atoms with Crippen molar-refractivity contribution in [3.05, 3.63) is 33.8 Å². The molecule has 0 amide bonds. The summed E-state index contributed by atoms with van der Waals surface area (Å²) in [4.78, 5) is 10.7. The lowest BCUT2D eigenvalue weighted by Gasteiger charge is -2.08. The summed E-state index contributed by atoms with van der Waals surface area (Å²) in [6.07, 6.45) is 2.64. The zero-order valence-electron chi connectivity index (χ0n) is 10.2. The summed E-state index contributed by atoms with van der Waals surface area (Å²) in [7, 11) is 0. The molecule has 2 atom stereocenters. The number of benzene rings is 1. The Kier molecular flexibility index (Phi) is 3.43. The number of aliphatic carboxylic acids is 1. The topological polar surface area (TPSA) is 37.3 Å². The van der Waals surface area contributed by atoms with E-state index in [-0.39, 0.29) is 5.92 Å². The monoisotopic (exact) mass is 252 g/mol. The average Bonchev–Trinajstić information content (AvgIpc) is 3.01. The van der Waals surface area contributed by atoms with Crippen LogP contribution in [0, 0.1) is 25.7 Å². The van der Waals surface area contributed by atoms with Crippen LogP contribution in [0.1, 0.15) is 29.5 Å². The van der Waals surface area contributed by atoms with Gasteiger partial charge in [-0.15, -0.1) is 0 Å². The van der Waals surface area contributed by atoms with Crippen molar-refractivity contribution in [3.8, 4) is 0 Å². The van der Waals surface area contributed by atoms with Gasteiger partial charge in [-0.3, -0.25) is 4.79 Å². The van der Waals surface area contributed by atoms with Crippen LogP contribution >= 0.6 is 11.6 Å². The first-order chi connectivity index (χ1) is 7.99. The molecule has 3 heteroatoms. The van der Waals surface area contributed by atoms with E-state index in [2.05, 4.69) is 13.0 Å². The van der Waals surface area contributed by atoms with E-state index in [4.69, 9.17) is 16.7 Å². The molecule has 1 aromatic carbocycles. The highest BCUT2D eigenvalue weighted by molar-refractivity contribution is 6.31. The fraction of sp³-hybridized carbons (Fsp3) is 0.500. The summed E-state index contributed by atoms with van der Waals surface area (Å²) in [5.41, 5.74) is 3.59. The van der Waals surface area contributed by atoms with Crippen LogP contribution in [0.15, 0.2) is 12.1 Å². The maximum absolute atomic E-state index is 10.7. The number of carboxylic acids is 1. The van der Waals surface area contributed by atoms with Crippen LogP contribution in [-0.4, -0.2) is 11.1 Å². The minimum absolute atomic E-state index is 0.111. The third kappa shape index (κ3) is 2.81. The molecule has 0 aliphatic heterocycles. The highest BCUT2D eigenvalue weighted by Gasteiger charge is 2.42. The summed E-state index contributed by atoms with van der Waals surface area (Å²) >= 11 is 6.19. The molecule has 1 fully saturated rings. The van der Waals surface area contributed by atoms with Gasteiger partial charge >= 0.3 is 5.97 Å². The number of carboxylic acid groups (broad SMARTS) is 1. The van der Waals surface area contributed by atoms with Crippen LogP contribution in [0.2, 0.25) is 5.02 Å². The molecular weight excluding hydrogens is 236 g/mol. The molecule has 1 N–H and O–H groups in total. The van der Waals surface area contributed by atoms with Crippen LogP contribution in [0.25, 0.3) is 0 Å². The van der Waals surface area contributed by atoms with Gasteiger partial charge in [0.25, 0.3) is 0 Å². The summed E-state index contributed by atoms with van der Waals surface area (Å²) in [6, 6.07) is 4.11. The van der Waals surface area contributed by atoms with Gasteiger partial charge in [-0.05, 0) is 61.8 Å². The van der Waals surface area contributed by atoms with Gasteiger partial charge in [0, 0.05) is 5.02 Å². The van der Waals surface area contributed by atoms with Gasteiger partial charge in [0.15, 0.2) is 0 Å². The molecule has 1 saturated carbocycles. The Bertz CT molecular complexity index is 454. The predicted molar refractivity (Wildman–Crippen MR) is 68.5 cm³/mol. The smallest absolute Gasteiger partial charge is 0.306 e. The van der Waals surface area contributed by atoms with E-state index in [1.807, 2.05) is 13.0 Å². The highest BCUT2D eigenvalue weighted by atomic mass is 35.5. The van der Waals surface area contributed by atoms with E-state index in [0.717, 1.165) is 29.8 Å². The maximum Gasteiger partial charge on any atom is 0.306 e. The molecule has 2 nitrogen and oxygen atoms in total. The van der Waals surface area contributed by atoms with Crippen LogP contribution in [0.5, 0.6) is 0 Å². The van der Waals surface area contributed by atoms with E-state index in [1.165, 1.54) is 11.1 Å². The zero-order valence-corrected chi connectivity index (χ0v) is 10.9. The normalized spacial score (nSPS) is 22.5. The molecular formula is C14H17ClO2. The number of carbonyl (C=O) groups is 1. The Morgan fingerprint density at radius 3 is 2.65 bits per heavy atom. The maximum atomic E-state index is 10.7. The van der Waals surface area contributed by atoms with Crippen molar-refractivity contribution in [1.29, 1.82) is 0 Å². The summed E-state index contributed by atoms with van der Waals surface area (Å²) in [5, 5.41) is 9.64. The molecule has 1 aliphatic carbocycles. The van der Waals surface area contributed by atoms with Gasteiger partial charge in [-0.2, -0.15) is 0 Å². The molecule has 0 spiro atoms. The van der Waals surface area contributed by atoms with Gasteiger partial charge < -0.3 is 5.11 Å². The molecule has 2 unspecified atom stereocenters. The second-order valence-corrected chi connectivity index (χ2v) is 5.41. The first-order valence-corrected chi connectivity index (χ1v) is 6.35. The number of halogens is 1. The molecule has 0 radical (unpaired) electrons. The van der Waals surface area contributed by atoms with E-state index in [9.17, 15) is 4.79 Å². The van der Waals surface area contributed by atoms with Crippen molar-refractivity contribution in [3.63, 3.8) is 0 Å². The van der Waals surface area contributed by atoms with Gasteiger partial charge in [-0.25, -0.2) is 0 Å². The summed E-state index contributed by atoms with van der Waals surface area (Å²) in [5.74, 6) is -0.410. The van der Waals surface area contributed by atoms with Crippen molar-refractivity contribution in [2.45, 2.75) is 33.1 Å². The summed E-state index contributed by atoms with van der Waals surface area (Å²) < 4.78 is 0. The average molecular weight is 253 g/mol. The quantitative estimate of drug-likeness (QED) is 0.889. The number of rotatable bonds is 4. The highest BCUT2D eigenvalue weighted by Crippen LogP contribution is 2.42.